The van der Waals surface area contributed by atoms with Gasteiger partial charge in [0.05, 0.1) is 7.11 Å². The number of aliphatic hydroxyl groups is 1. The Morgan fingerprint density at radius 2 is 1.90 bits per heavy atom. The van der Waals surface area contributed by atoms with Crippen LogP contribution in [0.5, 0.6) is 5.75 Å². The molecule has 0 atom stereocenters. The van der Waals surface area contributed by atoms with E-state index in [1.54, 1.807) is 43.5 Å². The number of methoxy groups -OCH3 is 1. The van der Waals surface area contributed by atoms with Crippen LogP contribution in [-0.2, 0) is 6.42 Å². The third kappa shape index (κ3) is 2.81. The summed E-state index contributed by atoms with van der Waals surface area (Å²) in [7, 11) is 1.58. The fraction of sp³-hybridized carbons (Fsp3) is 0.188. The van der Waals surface area contributed by atoms with Gasteiger partial charge in [-0.3, -0.25) is 4.79 Å². The molecule has 0 heterocycles. The third-order valence-electron chi connectivity index (χ3n) is 3.17. The molecule has 0 aromatic heterocycles. The van der Waals surface area contributed by atoms with Crippen molar-refractivity contribution < 1.29 is 14.6 Å². The van der Waals surface area contributed by atoms with E-state index in [4.69, 9.17) is 15.6 Å². The highest BCUT2D eigenvalue weighted by Crippen LogP contribution is 2.22. The second kappa shape index (κ2) is 6.21. The van der Waals surface area contributed by atoms with Gasteiger partial charge in [-0.05, 0) is 42.3 Å². The molecule has 2 aromatic rings. The molecule has 0 unspecified atom stereocenters. The summed E-state index contributed by atoms with van der Waals surface area (Å²) in [5.74, 6) is 0.563. The topological polar surface area (TPSA) is 72.5 Å². The zero-order valence-electron chi connectivity index (χ0n) is 11.3. The molecule has 0 saturated heterocycles. The average Bonchev–Trinajstić information content (AvgIpc) is 2.49. The molecule has 2 rings (SSSR count). The maximum absolute atomic E-state index is 12.4. The van der Waals surface area contributed by atoms with Gasteiger partial charge in [-0.15, -0.1) is 0 Å². The van der Waals surface area contributed by atoms with Gasteiger partial charge < -0.3 is 15.6 Å². The number of carbonyl (C=O) groups excluding carboxylic acids is 1. The smallest absolute Gasteiger partial charge is 0.195 e. The zero-order valence-corrected chi connectivity index (χ0v) is 11.3. The van der Waals surface area contributed by atoms with Crippen molar-refractivity contribution in [2.24, 2.45) is 0 Å². The molecular formula is C16H17NO3. The Kier molecular flexibility index (Phi) is 4.38. The van der Waals surface area contributed by atoms with Gasteiger partial charge in [0, 0.05) is 23.4 Å². The van der Waals surface area contributed by atoms with Crippen LogP contribution in [0.1, 0.15) is 21.5 Å². The van der Waals surface area contributed by atoms with E-state index in [9.17, 15) is 4.79 Å². The molecule has 4 heteroatoms. The van der Waals surface area contributed by atoms with Crippen LogP contribution in [0.2, 0.25) is 0 Å². The first-order valence-electron chi connectivity index (χ1n) is 6.34. The molecule has 3 N–H and O–H groups in total. The van der Waals surface area contributed by atoms with E-state index in [1.165, 1.54) is 0 Å². The minimum atomic E-state index is -0.134. The number of carbonyl (C=O) groups is 1. The number of hydrogen-bond acceptors (Lipinski definition) is 4. The van der Waals surface area contributed by atoms with Gasteiger partial charge in [0.15, 0.2) is 5.78 Å². The van der Waals surface area contributed by atoms with Crippen LogP contribution in [0.15, 0.2) is 42.5 Å². The average molecular weight is 271 g/mol. The highest BCUT2D eigenvalue weighted by atomic mass is 16.5. The molecule has 0 aliphatic carbocycles. The summed E-state index contributed by atoms with van der Waals surface area (Å²) in [6, 6.07) is 12.2. The number of hydrogen-bond donors (Lipinski definition) is 2. The molecule has 0 amide bonds. The minimum absolute atomic E-state index is 0.00434. The molecule has 2 aromatic carbocycles. The first kappa shape index (κ1) is 14.1. The Hall–Kier alpha value is -2.33. The number of para-hydroxylation sites is 1. The van der Waals surface area contributed by atoms with Crippen molar-refractivity contribution in [3.63, 3.8) is 0 Å². The van der Waals surface area contributed by atoms with Crippen molar-refractivity contribution >= 4 is 11.5 Å². The SMILES string of the molecule is COc1ccc(C(=O)c2cccc(CCO)c2N)cc1. The lowest BCUT2D eigenvalue weighted by molar-refractivity contribution is 0.103. The van der Waals surface area contributed by atoms with Crippen molar-refractivity contribution in [3.8, 4) is 5.75 Å². The molecule has 0 aliphatic rings. The molecule has 0 spiro atoms. The van der Waals surface area contributed by atoms with Crippen LogP contribution in [-0.4, -0.2) is 24.6 Å². The van der Waals surface area contributed by atoms with Gasteiger partial charge in [-0.25, -0.2) is 0 Å². The lowest BCUT2D eigenvalue weighted by Gasteiger charge is -2.10. The number of anilines is 1. The zero-order chi connectivity index (χ0) is 14.5. The highest BCUT2D eigenvalue weighted by Gasteiger charge is 2.14. The normalized spacial score (nSPS) is 10.3. The highest BCUT2D eigenvalue weighted by molar-refractivity contribution is 6.12. The van der Waals surface area contributed by atoms with Gasteiger partial charge in [-0.1, -0.05) is 12.1 Å². The maximum Gasteiger partial charge on any atom is 0.195 e. The Morgan fingerprint density at radius 3 is 2.50 bits per heavy atom. The second-order valence-corrected chi connectivity index (χ2v) is 4.41. The van der Waals surface area contributed by atoms with Crippen molar-refractivity contribution in [3.05, 3.63) is 59.2 Å². The number of ketones is 1. The van der Waals surface area contributed by atoms with E-state index in [-0.39, 0.29) is 12.4 Å². The van der Waals surface area contributed by atoms with Crippen LogP contribution < -0.4 is 10.5 Å². The molecule has 0 radical (unpaired) electrons. The van der Waals surface area contributed by atoms with Crippen molar-refractivity contribution in [2.75, 3.05) is 19.5 Å². The van der Waals surface area contributed by atoms with Gasteiger partial charge >= 0.3 is 0 Å². The molecule has 20 heavy (non-hydrogen) atoms. The van der Waals surface area contributed by atoms with E-state index < -0.39 is 0 Å². The number of nitrogens with two attached hydrogens (primary N) is 1. The number of ether oxygens (including phenoxy) is 1. The van der Waals surface area contributed by atoms with E-state index in [1.807, 2.05) is 6.07 Å². The Balaban J connectivity index is 2.35. The molecular weight excluding hydrogens is 254 g/mol. The maximum atomic E-state index is 12.4. The minimum Gasteiger partial charge on any atom is -0.497 e. The van der Waals surface area contributed by atoms with E-state index >= 15 is 0 Å². The van der Waals surface area contributed by atoms with Crippen LogP contribution in [0.4, 0.5) is 5.69 Å². The fourth-order valence-electron chi connectivity index (χ4n) is 2.05. The monoisotopic (exact) mass is 271 g/mol. The van der Waals surface area contributed by atoms with E-state index in [0.717, 1.165) is 5.56 Å². The predicted molar refractivity (Wildman–Crippen MR) is 78.1 cm³/mol. The molecule has 104 valence electrons. The van der Waals surface area contributed by atoms with Gasteiger partial charge in [0.1, 0.15) is 5.75 Å². The predicted octanol–water partition coefficient (Wildman–Crippen LogP) is 2.04. The quantitative estimate of drug-likeness (QED) is 0.645. The Bertz CT molecular complexity index is 606. The van der Waals surface area contributed by atoms with Crippen LogP contribution in [0.3, 0.4) is 0 Å². The standard InChI is InChI=1S/C16H17NO3/c1-20-13-7-5-12(6-8-13)16(19)14-4-2-3-11(9-10-18)15(14)17/h2-8,18H,9-10,17H2,1H3. The summed E-state index contributed by atoms with van der Waals surface area (Å²) in [4.78, 5) is 12.4. The first-order valence-corrected chi connectivity index (χ1v) is 6.34. The molecule has 0 aliphatic heterocycles. The summed E-state index contributed by atoms with van der Waals surface area (Å²) < 4.78 is 5.07. The second-order valence-electron chi connectivity index (χ2n) is 4.41. The van der Waals surface area contributed by atoms with Crippen LogP contribution in [0, 0.1) is 0 Å². The number of rotatable bonds is 5. The molecule has 4 nitrogen and oxygen atoms in total. The van der Waals surface area contributed by atoms with E-state index in [0.29, 0.717) is 29.0 Å². The summed E-state index contributed by atoms with van der Waals surface area (Å²) in [5.41, 5.74) is 8.24. The fourth-order valence-corrected chi connectivity index (χ4v) is 2.05. The summed E-state index contributed by atoms with van der Waals surface area (Å²) >= 11 is 0. The third-order valence-corrected chi connectivity index (χ3v) is 3.17. The van der Waals surface area contributed by atoms with Crippen molar-refractivity contribution in [1.82, 2.24) is 0 Å². The Morgan fingerprint density at radius 1 is 1.20 bits per heavy atom. The lowest BCUT2D eigenvalue weighted by atomic mass is 9.98. The van der Waals surface area contributed by atoms with Gasteiger partial charge in [0.2, 0.25) is 0 Å². The van der Waals surface area contributed by atoms with Gasteiger partial charge in [0.25, 0.3) is 0 Å². The number of benzene rings is 2. The van der Waals surface area contributed by atoms with Crippen LogP contribution >= 0.6 is 0 Å². The number of nitrogen functional groups attached to an aromatic ring is 1. The Labute approximate surface area is 117 Å². The number of aliphatic hydroxyl groups excluding tert-OH is 1. The summed E-state index contributed by atoms with van der Waals surface area (Å²) in [6.07, 6.45) is 0.440. The summed E-state index contributed by atoms with van der Waals surface area (Å²) in [5, 5.41) is 8.99. The van der Waals surface area contributed by atoms with Crippen molar-refractivity contribution in [1.29, 1.82) is 0 Å². The van der Waals surface area contributed by atoms with Crippen molar-refractivity contribution in [2.45, 2.75) is 6.42 Å². The first-order chi connectivity index (χ1) is 9.67. The molecule has 0 fully saturated rings. The van der Waals surface area contributed by atoms with Gasteiger partial charge in [-0.2, -0.15) is 0 Å². The van der Waals surface area contributed by atoms with Crippen LogP contribution in [0.25, 0.3) is 0 Å². The van der Waals surface area contributed by atoms with E-state index in [2.05, 4.69) is 0 Å². The lowest BCUT2D eigenvalue weighted by Crippen LogP contribution is -2.08. The molecule has 0 bridgehead atoms. The molecule has 0 saturated carbocycles. The largest absolute Gasteiger partial charge is 0.497 e. The summed E-state index contributed by atoms with van der Waals surface area (Å²) in [6.45, 7) is 0.00434.